The maximum atomic E-state index is 13.7. The van der Waals surface area contributed by atoms with Crippen molar-refractivity contribution in [2.75, 3.05) is 13.1 Å². The summed E-state index contributed by atoms with van der Waals surface area (Å²) < 4.78 is 33.2. The lowest BCUT2D eigenvalue weighted by molar-refractivity contribution is 0.139. The molecule has 2 atom stereocenters. The van der Waals surface area contributed by atoms with Gasteiger partial charge >= 0.3 is 0 Å². The monoisotopic (exact) mass is 359 g/mol. The number of aromatic nitrogens is 2. The van der Waals surface area contributed by atoms with Crippen LogP contribution < -0.4 is 10.1 Å². The molecule has 0 aliphatic carbocycles. The van der Waals surface area contributed by atoms with Gasteiger partial charge in [-0.15, -0.1) is 0 Å². The molecule has 1 N–H and O–H groups in total. The van der Waals surface area contributed by atoms with Crippen molar-refractivity contribution in [3.63, 3.8) is 0 Å². The highest BCUT2D eigenvalue weighted by atomic mass is 35.5. The number of halogens is 4. The van der Waals surface area contributed by atoms with Gasteiger partial charge in [0.1, 0.15) is 27.8 Å². The number of nitrogens with zero attached hydrogens (tertiary/aromatic N) is 2. The fourth-order valence-electron chi connectivity index (χ4n) is 2.57. The van der Waals surface area contributed by atoms with Crippen LogP contribution in [0.15, 0.2) is 24.7 Å². The molecule has 0 amide bonds. The molecular weight excluding hydrogens is 347 g/mol. The van der Waals surface area contributed by atoms with Crippen molar-refractivity contribution < 1.29 is 13.5 Å². The minimum absolute atomic E-state index is 0.0603. The lowest BCUT2D eigenvalue weighted by Gasteiger charge is -2.24. The van der Waals surface area contributed by atoms with Gasteiger partial charge in [-0.25, -0.2) is 8.78 Å². The highest BCUT2D eigenvalue weighted by Crippen LogP contribution is 2.41. The SMILES string of the molecule is Fc1cc(F)c(Cl)c(OC(c2cnccn2)[C@H]2CCNC2)c1Cl. The number of benzene rings is 1. The van der Waals surface area contributed by atoms with Gasteiger partial charge in [-0.05, 0) is 13.0 Å². The van der Waals surface area contributed by atoms with Gasteiger partial charge < -0.3 is 10.1 Å². The molecule has 3 rings (SSSR count). The minimum atomic E-state index is -0.925. The van der Waals surface area contributed by atoms with Crippen molar-refractivity contribution in [2.45, 2.75) is 12.5 Å². The van der Waals surface area contributed by atoms with Gasteiger partial charge in [-0.1, -0.05) is 23.2 Å². The Hall–Kier alpha value is -1.50. The van der Waals surface area contributed by atoms with Gasteiger partial charge in [0.25, 0.3) is 0 Å². The summed E-state index contributed by atoms with van der Waals surface area (Å²) in [6, 6.07) is 0.631. The average Bonchev–Trinajstić information content (AvgIpc) is 3.08. The van der Waals surface area contributed by atoms with E-state index in [9.17, 15) is 8.78 Å². The van der Waals surface area contributed by atoms with Crippen LogP contribution in [0.25, 0.3) is 0 Å². The van der Waals surface area contributed by atoms with Gasteiger partial charge in [-0.3, -0.25) is 9.97 Å². The smallest absolute Gasteiger partial charge is 0.163 e. The fourth-order valence-corrected chi connectivity index (χ4v) is 3.01. The topological polar surface area (TPSA) is 47.0 Å². The van der Waals surface area contributed by atoms with Gasteiger partial charge in [-0.2, -0.15) is 0 Å². The van der Waals surface area contributed by atoms with E-state index in [-0.39, 0.29) is 21.7 Å². The predicted octanol–water partition coefficient (Wildman–Crippen LogP) is 3.79. The van der Waals surface area contributed by atoms with E-state index >= 15 is 0 Å². The van der Waals surface area contributed by atoms with E-state index in [1.807, 2.05) is 0 Å². The molecule has 1 aliphatic rings. The van der Waals surface area contributed by atoms with E-state index in [2.05, 4.69) is 15.3 Å². The van der Waals surface area contributed by atoms with Crippen LogP contribution in [-0.2, 0) is 0 Å². The highest BCUT2D eigenvalue weighted by Gasteiger charge is 2.31. The first-order valence-corrected chi connectivity index (χ1v) is 7.79. The fraction of sp³-hybridized carbons (Fsp3) is 0.333. The Balaban J connectivity index is 1.99. The van der Waals surface area contributed by atoms with Crippen LogP contribution in [0.3, 0.4) is 0 Å². The summed E-state index contributed by atoms with van der Waals surface area (Å²) in [5.41, 5.74) is 0.554. The molecule has 8 heteroatoms. The van der Waals surface area contributed by atoms with Crippen molar-refractivity contribution in [3.05, 3.63) is 52.0 Å². The molecule has 4 nitrogen and oxygen atoms in total. The van der Waals surface area contributed by atoms with E-state index in [0.29, 0.717) is 18.3 Å². The van der Waals surface area contributed by atoms with Crippen molar-refractivity contribution in [3.8, 4) is 5.75 Å². The van der Waals surface area contributed by atoms with Crippen molar-refractivity contribution >= 4 is 23.2 Å². The second-order valence-corrected chi connectivity index (χ2v) is 5.97. The third-order valence-corrected chi connectivity index (χ3v) is 4.42. The molecule has 1 fully saturated rings. The van der Waals surface area contributed by atoms with Crippen LogP contribution >= 0.6 is 23.2 Å². The second kappa shape index (κ2) is 6.95. The Morgan fingerprint density at radius 1 is 1.22 bits per heavy atom. The molecule has 0 bridgehead atoms. The number of rotatable bonds is 4. The lowest BCUT2D eigenvalue weighted by Crippen LogP contribution is -2.23. The summed E-state index contributed by atoms with van der Waals surface area (Å²) in [5, 5.41) is 2.52. The summed E-state index contributed by atoms with van der Waals surface area (Å²) >= 11 is 11.8. The van der Waals surface area contributed by atoms with Gasteiger partial charge in [0.2, 0.25) is 0 Å². The third kappa shape index (κ3) is 3.39. The predicted molar refractivity (Wildman–Crippen MR) is 82.8 cm³/mol. The van der Waals surface area contributed by atoms with E-state index in [4.69, 9.17) is 27.9 Å². The third-order valence-electron chi connectivity index (χ3n) is 3.72. The van der Waals surface area contributed by atoms with Gasteiger partial charge in [0.15, 0.2) is 5.75 Å². The first-order valence-electron chi connectivity index (χ1n) is 7.04. The van der Waals surface area contributed by atoms with E-state index in [1.165, 1.54) is 12.4 Å². The Morgan fingerprint density at radius 2 is 1.96 bits per heavy atom. The molecule has 2 aromatic rings. The standard InChI is InChI=1S/C15H13Cl2F2N3O/c16-12-9(18)5-10(19)13(17)15(12)23-14(8-1-2-20-6-8)11-7-21-3-4-22-11/h3-5,7-8,14,20H,1-2,6H2/t8-,14?/m0/s1. The average molecular weight is 360 g/mol. The molecule has 0 spiro atoms. The van der Waals surface area contributed by atoms with Crippen LogP contribution in [0.1, 0.15) is 18.2 Å². The normalized spacial score (nSPS) is 18.9. The molecule has 0 radical (unpaired) electrons. The van der Waals surface area contributed by atoms with E-state index in [1.54, 1.807) is 6.20 Å². The Morgan fingerprint density at radius 3 is 2.52 bits per heavy atom. The molecule has 122 valence electrons. The van der Waals surface area contributed by atoms with Crippen LogP contribution in [0, 0.1) is 17.6 Å². The summed E-state index contributed by atoms with van der Waals surface area (Å²) in [4.78, 5) is 8.26. The van der Waals surface area contributed by atoms with Crippen LogP contribution in [0.2, 0.25) is 10.0 Å². The molecule has 1 aromatic heterocycles. The lowest BCUT2D eigenvalue weighted by atomic mass is 9.99. The van der Waals surface area contributed by atoms with Crippen molar-refractivity contribution in [1.82, 2.24) is 15.3 Å². The largest absolute Gasteiger partial charge is 0.480 e. The molecule has 1 saturated heterocycles. The maximum absolute atomic E-state index is 13.7. The van der Waals surface area contributed by atoms with Crippen LogP contribution in [0.4, 0.5) is 8.78 Å². The first kappa shape index (κ1) is 16.4. The number of hydrogen-bond donors (Lipinski definition) is 1. The molecule has 0 saturated carbocycles. The molecule has 1 aromatic carbocycles. The zero-order chi connectivity index (χ0) is 16.4. The summed E-state index contributed by atoms with van der Waals surface area (Å²) in [6.07, 6.45) is 4.89. The maximum Gasteiger partial charge on any atom is 0.163 e. The second-order valence-electron chi connectivity index (χ2n) is 5.22. The Kier molecular flexibility index (Phi) is 4.94. The minimum Gasteiger partial charge on any atom is -0.480 e. The van der Waals surface area contributed by atoms with E-state index < -0.39 is 17.7 Å². The molecular formula is C15H13Cl2F2N3O. The molecule has 1 unspecified atom stereocenters. The van der Waals surface area contributed by atoms with Crippen LogP contribution in [0.5, 0.6) is 5.75 Å². The molecule has 1 aliphatic heterocycles. The zero-order valence-electron chi connectivity index (χ0n) is 11.9. The Labute approximate surface area is 141 Å². The summed E-state index contributed by atoms with van der Waals surface area (Å²) in [6.45, 7) is 1.51. The van der Waals surface area contributed by atoms with Gasteiger partial charge in [0.05, 0.1) is 11.9 Å². The van der Waals surface area contributed by atoms with Crippen LogP contribution in [-0.4, -0.2) is 23.1 Å². The zero-order valence-corrected chi connectivity index (χ0v) is 13.4. The van der Waals surface area contributed by atoms with Gasteiger partial charge in [0, 0.05) is 30.9 Å². The first-order chi connectivity index (χ1) is 11.1. The van der Waals surface area contributed by atoms with E-state index in [0.717, 1.165) is 13.0 Å². The Bertz CT molecular complexity index is 671. The number of hydrogen-bond acceptors (Lipinski definition) is 4. The number of nitrogens with one attached hydrogen (secondary N) is 1. The summed E-state index contributed by atoms with van der Waals surface area (Å²) in [5.74, 6) is -2.00. The molecule has 2 heterocycles. The van der Waals surface area contributed by atoms with Crippen molar-refractivity contribution in [1.29, 1.82) is 0 Å². The van der Waals surface area contributed by atoms with Crippen molar-refractivity contribution in [2.24, 2.45) is 5.92 Å². The summed E-state index contributed by atoms with van der Waals surface area (Å²) in [7, 11) is 0. The quantitative estimate of drug-likeness (QED) is 0.843. The number of ether oxygens (including phenoxy) is 1. The molecule has 23 heavy (non-hydrogen) atoms. The highest BCUT2D eigenvalue weighted by molar-refractivity contribution is 6.37.